The lowest BCUT2D eigenvalue weighted by Crippen LogP contribution is -2.31. The topological polar surface area (TPSA) is 88.9 Å². The zero-order valence-corrected chi connectivity index (χ0v) is 10.3. The fourth-order valence-corrected chi connectivity index (χ4v) is 1.42. The minimum Gasteiger partial charge on any atom is -0.317 e. The molecule has 0 radical (unpaired) electrons. The standard InChI is InChI=1S/C11H8F3N5O2/c12-11(13,14)10(21)17-8-4-2-1-3-7(8)9(20)18-19-5-15-16-6-19/h1-6H,(H,17,21)(H,18,20). The molecule has 0 bridgehead atoms. The van der Waals surface area contributed by atoms with Gasteiger partial charge in [0.05, 0.1) is 11.3 Å². The summed E-state index contributed by atoms with van der Waals surface area (Å²) in [6, 6.07) is 5.29. The third kappa shape index (κ3) is 3.55. The summed E-state index contributed by atoms with van der Waals surface area (Å²) in [5.74, 6) is -2.89. The zero-order chi connectivity index (χ0) is 15.5. The number of rotatable bonds is 3. The maximum Gasteiger partial charge on any atom is 0.471 e. The van der Waals surface area contributed by atoms with Gasteiger partial charge in [0, 0.05) is 0 Å². The van der Waals surface area contributed by atoms with Crippen molar-refractivity contribution in [3.05, 3.63) is 42.5 Å². The first-order chi connectivity index (χ1) is 9.88. The fraction of sp³-hybridized carbons (Fsp3) is 0.0909. The molecule has 1 aromatic carbocycles. The van der Waals surface area contributed by atoms with E-state index in [1.165, 1.54) is 36.9 Å². The van der Waals surface area contributed by atoms with E-state index in [4.69, 9.17) is 0 Å². The number of hydrogen-bond acceptors (Lipinski definition) is 4. The van der Waals surface area contributed by atoms with Crippen molar-refractivity contribution in [2.75, 3.05) is 10.7 Å². The molecule has 7 nitrogen and oxygen atoms in total. The van der Waals surface area contributed by atoms with Crippen LogP contribution >= 0.6 is 0 Å². The molecule has 0 saturated carbocycles. The molecule has 0 aliphatic heterocycles. The summed E-state index contributed by atoms with van der Waals surface area (Å²) in [7, 11) is 0. The molecule has 2 N–H and O–H groups in total. The first kappa shape index (κ1) is 14.5. The van der Waals surface area contributed by atoms with Gasteiger partial charge < -0.3 is 5.32 Å². The van der Waals surface area contributed by atoms with Crippen LogP contribution in [0.15, 0.2) is 36.9 Å². The van der Waals surface area contributed by atoms with Gasteiger partial charge in [-0.2, -0.15) is 13.2 Å². The second kappa shape index (κ2) is 5.61. The Morgan fingerprint density at radius 3 is 2.33 bits per heavy atom. The van der Waals surface area contributed by atoms with E-state index in [1.54, 1.807) is 5.32 Å². The van der Waals surface area contributed by atoms with E-state index >= 15 is 0 Å². The molecule has 0 unspecified atom stereocenters. The van der Waals surface area contributed by atoms with Crippen molar-refractivity contribution in [3.63, 3.8) is 0 Å². The van der Waals surface area contributed by atoms with Crippen LogP contribution < -0.4 is 10.7 Å². The van der Waals surface area contributed by atoms with Crippen molar-refractivity contribution in [1.29, 1.82) is 0 Å². The van der Waals surface area contributed by atoms with Crippen molar-refractivity contribution in [3.8, 4) is 0 Å². The Labute approximate surface area is 115 Å². The number of para-hydroxylation sites is 1. The molecule has 1 aromatic heterocycles. The maximum absolute atomic E-state index is 12.2. The predicted octanol–water partition coefficient (Wildman–Crippen LogP) is 1.16. The number of hydrogen-bond donors (Lipinski definition) is 2. The number of amides is 2. The minimum absolute atomic E-state index is 0.135. The van der Waals surface area contributed by atoms with Crippen LogP contribution in [0.5, 0.6) is 0 Å². The number of halogens is 3. The highest BCUT2D eigenvalue weighted by molar-refractivity contribution is 6.07. The molecule has 21 heavy (non-hydrogen) atoms. The second-order valence-corrected chi connectivity index (χ2v) is 3.81. The number of anilines is 1. The molecule has 2 aromatic rings. The number of benzene rings is 1. The zero-order valence-electron chi connectivity index (χ0n) is 10.3. The summed E-state index contributed by atoms with van der Waals surface area (Å²) in [5.41, 5.74) is 1.92. The first-order valence-corrected chi connectivity index (χ1v) is 5.51. The molecule has 0 aliphatic rings. The van der Waals surface area contributed by atoms with Gasteiger partial charge in [-0.25, -0.2) is 4.68 Å². The fourth-order valence-electron chi connectivity index (χ4n) is 1.42. The number of carbonyl (C=O) groups excluding carboxylic acids is 2. The van der Waals surface area contributed by atoms with E-state index in [2.05, 4.69) is 15.6 Å². The van der Waals surface area contributed by atoms with Gasteiger partial charge in [-0.1, -0.05) is 12.1 Å². The van der Waals surface area contributed by atoms with E-state index in [0.717, 1.165) is 4.68 Å². The predicted molar refractivity (Wildman–Crippen MR) is 64.8 cm³/mol. The van der Waals surface area contributed by atoms with Crippen LogP contribution in [0.3, 0.4) is 0 Å². The van der Waals surface area contributed by atoms with Crippen LogP contribution in [-0.2, 0) is 4.79 Å². The van der Waals surface area contributed by atoms with E-state index in [9.17, 15) is 22.8 Å². The van der Waals surface area contributed by atoms with Gasteiger partial charge in [-0.3, -0.25) is 15.0 Å². The highest BCUT2D eigenvalue weighted by atomic mass is 19.4. The monoisotopic (exact) mass is 299 g/mol. The van der Waals surface area contributed by atoms with Crippen LogP contribution in [0.1, 0.15) is 10.4 Å². The quantitative estimate of drug-likeness (QED) is 0.890. The summed E-state index contributed by atoms with van der Waals surface area (Å²) in [6.45, 7) is 0. The van der Waals surface area contributed by atoms with Crippen molar-refractivity contribution in [1.82, 2.24) is 14.9 Å². The lowest BCUT2D eigenvalue weighted by molar-refractivity contribution is -0.167. The van der Waals surface area contributed by atoms with Crippen LogP contribution in [0.25, 0.3) is 0 Å². The van der Waals surface area contributed by atoms with Crippen molar-refractivity contribution in [2.24, 2.45) is 0 Å². The number of carbonyl (C=O) groups is 2. The maximum atomic E-state index is 12.2. The highest BCUT2D eigenvalue weighted by Gasteiger charge is 2.39. The van der Waals surface area contributed by atoms with E-state index in [-0.39, 0.29) is 11.3 Å². The summed E-state index contributed by atoms with van der Waals surface area (Å²) in [6.07, 6.45) is -2.67. The molecule has 0 spiro atoms. The summed E-state index contributed by atoms with van der Waals surface area (Å²) in [4.78, 5) is 22.9. The molecular formula is C11H8F3N5O2. The Hall–Kier alpha value is -2.91. The Morgan fingerprint density at radius 2 is 1.71 bits per heavy atom. The van der Waals surface area contributed by atoms with E-state index in [1.807, 2.05) is 0 Å². The van der Waals surface area contributed by atoms with Gasteiger partial charge in [0.15, 0.2) is 0 Å². The Kier molecular flexibility index (Phi) is 3.87. The molecular weight excluding hydrogens is 291 g/mol. The third-order valence-electron chi connectivity index (χ3n) is 2.33. The van der Waals surface area contributed by atoms with E-state index in [0.29, 0.717) is 0 Å². The van der Waals surface area contributed by atoms with Crippen LogP contribution in [-0.4, -0.2) is 32.9 Å². The lowest BCUT2D eigenvalue weighted by atomic mass is 10.1. The summed E-state index contributed by atoms with van der Waals surface area (Å²) < 4.78 is 37.8. The Bertz CT molecular complexity index is 654. The van der Waals surface area contributed by atoms with Crippen LogP contribution in [0, 0.1) is 0 Å². The van der Waals surface area contributed by atoms with Crippen molar-refractivity contribution >= 4 is 17.5 Å². The van der Waals surface area contributed by atoms with Gasteiger partial charge in [0.25, 0.3) is 5.91 Å². The third-order valence-corrected chi connectivity index (χ3v) is 2.33. The molecule has 0 atom stereocenters. The number of nitrogens with zero attached hydrogens (tertiary/aromatic N) is 3. The molecule has 10 heteroatoms. The molecule has 2 amide bonds. The van der Waals surface area contributed by atoms with Gasteiger partial charge >= 0.3 is 12.1 Å². The Morgan fingerprint density at radius 1 is 1.10 bits per heavy atom. The number of nitrogens with one attached hydrogen (secondary N) is 2. The molecule has 0 fully saturated rings. The Balaban J connectivity index is 2.20. The van der Waals surface area contributed by atoms with Gasteiger partial charge in [-0.05, 0) is 12.1 Å². The van der Waals surface area contributed by atoms with Crippen LogP contribution in [0.2, 0.25) is 0 Å². The summed E-state index contributed by atoms with van der Waals surface area (Å²) in [5, 5.41) is 8.55. The number of alkyl halides is 3. The molecule has 110 valence electrons. The minimum atomic E-state index is -5.04. The SMILES string of the molecule is O=C(Nn1cnnc1)c1ccccc1NC(=O)C(F)(F)F. The molecule has 0 aliphatic carbocycles. The highest BCUT2D eigenvalue weighted by Crippen LogP contribution is 2.21. The van der Waals surface area contributed by atoms with Crippen molar-refractivity contribution in [2.45, 2.75) is 6.18 Å². The van der Waals surface area contributed by atoms with Gasteiger partial charge in [0.1, 0.15) is 12.7 Å². The van der Waals surface area contributed by atoms with Gasteiger partial charge in [-0.15, -0.1) is 10.2 Å². The van der Waals surface area contributed by atoms with E-state index < -0.39 is 18.0 Å². The summed E-state index contributed by atoms with van der Waals surface area (Å²) >= 11 is 0. The number of aromatic nitrogens is 3. The van der Waals surface area contributed by atoms with Crippen LogP contribution in [0.4, 0.5) is 18.9 Å². The second-order valence-electron chi connectivity index (χ2n) is 3.81. The molecule has 2 rings (SSSR count). The van der Waals surface area contributed by atoms with Crippen molar-refractivity contribution < 1.29 is 22.8 Å². The largest absolute Gasteiger partial charge is 0.471 e. The lowest BCUT2D eigenvalue weighted by Gasteiger charge is -2.12. The average molecular weight is 299 g/mol. The van der Waals surface area contributed by atoms with Gasteiger partial charge in [0.2, 0.25) is 0 Å². The normalized spacial score (nSPS) is 11.0. The molecule has 0 saturated heterocycles. The molecule has 1 heterocycles. The first-order valence-electron chi connectivity index (χ1n) is 5.51. The average Bonchev–Trinajstić information content (AvgIpc) is 2.91. The smallest absolute Gasteiger partial charge is 0.317 e.